The maximum absolute atomic E-state index is 12.6. The molecule has 1 heterocycles. The Bertz CT molecular complexity index is 1220. The summed E-state index contributed by atoms with van der Waals surface area (Å²) in [5, 5.41) is 2.64. The van der Waals surface area contributed by atoms with E-state index in [1.807, 2.05) is 45.0 Å². The number of nitrogens with one attached hydrogen (secondary N) is 1. The number of carbonyl (C=O) groups is 3. The van der Waals surface area contributed by atoms with E-state index in [9.17, 15) is 19.2 Å². The third-order valence-electron chi connectivity index (χ3n) is 5.61. The van der Waals surface area contributed by atoms with Crippen LogP contribution in [0.1, 0.15) is 37.6 Å². The van der Waals surface area contributed by atoms with E-state index in [1.54, 1.807) is 38.3 Å². The van der Waals surface area contributed by atoms with E-state index in [2.05, 4.69) is 5.32 Å². The van der Waals surface area contributed by atoms with Crippen molar-refractivity contribution in [2.75, 3.05) is 25.0 Å². The van der Waals surface area contributed by atoms with Gasteiger partial charge in [0.1, 0.15) is 0 Å². The van der Waals surface area contributed by atoms with Gasteiger partial charge in [-0.3, -0.25) is 23.5 Å². The van der Waals surface area contributed by atoms with Gasteiger partial charge >= 0.3 is 11.7 Å². The van der Waals surface area contributed by atoms with E-state index in [0.29, 0.717) is 30.9 Å². The van der Waals surface area contributed by atoms with Crippen LogP contribution in [-0.4, -0.2) is 51.5 Å². The zero-order chi connectivity index (χ0) is 24.7. The van der Waals surface area contributed by atoms with Gasteiger partial charge in [0.2, 0.25) is 0 Å². The van der Waals surface area contributed by atoms with Crippen LogP contribution in [0.25, 0.3) is 11.0 Å². The molecule has 9 heteroatoms. The fraction of sp³-hybridized carbons (Fsp3) is 0.360. The van der Waals surface area contributed by atoms with Crippen molar-refractivity contribution in [2.45, 2.75) is 40.3 Å². The van der Waals surface area contributed by atoms with Crippen molar-refractivity contribution in [1.82, 2.24) is 14.0 Å². The summed E-state index contributed by atoms with van der Waals surface area (Å²) >= 11 is 0. The van der Waals surface area contributed by atoms with E-state index in [0.717, 1.165) is 11.0 Å². The first-order chi connectivity index (χ1) is 16.4. The molecule has 0 saturated carbocycles. The average molecular weight is 467 g/mol. The number of imidazole rings is 1. The lowest BCUT2D eigenvalue weighted by atomic mass is 10.2. The first-order valence-corrected chi connectivity index (χ1v) is 11.4. The second kappa shape index (κ2) is 11.3. The van der Waals surface area contributed by atoms with Crippen LogP contribution in [0.3, 0.4) is 0 Å². The van der Waals surface area contributed by atoms with Gasteiger partial charge in [0.05, 0.1) is 17.5 Å². The average Bonchev–Trinajstić information content (AvgIpc) is 3.12. The number of aryl methyl sites for hydroxylation is 2. The lowest BCUT2D eigenvalue weighted by molar-refractivity contribution is -0.147. The van der Waals surface area contributed by atoms with E-state index in [1.165, 1.54) is 0 Å². The molecule has 0 unspecified atom stereocenters. The number of esters is 1. The standard InChI is InChI=1S/C25H30N4O5/c1-4-27(5-2)24(32)18-11-13-19(14-12-18)26-22(30)17-34-23(31)15-16-29-21-10-8-7-9-20(21)28(6-3)25(29)33/h7-14H,4-6,15-17H2,1-3H3,(H,26,30). The van der Waals surface area contributed by atoms with Crippen LogP contribution < -0.4 is 11.0 Å². The van der Waals surface area contributed by atoms with Crippen LogP contribution in [0.5, 0.6) is 0 Å². The highest BCUT2D eigenvalue weighted by atomic mass is 16.5. The van der Waals surface area contributed by atoms with Gasteiger partial charge in [-0.05, 0) is 57.2 Å². The predicted molar refractivity (Wildman–Crippen MR) is 130 cm³/mol. The van der Waals surface area contributed by atoms with Crippen molar-refractivity contribution in [2.24, 2.45) is 0 Å². The summed E-state index contributed by atoms with van der Waals surface area (Å²) in [4.78, 5) is 51.0. The third-order valence-corrected chi connectivity index (χ3v) is 5.61. The van der Waals surface area contributed by atoms with Gasteiger partial charge in [0.15, 0.2) is 6.61 Å². The van der Waals surface area contributed by atoms with E-state index < -0.39 is 18.5 Å². The summed E-state index contributed by atoms with van der Waals surface area (Å²) in [6, 6.07) is 14.0. The Morgan fingerprint density at radius 3 is 2.12 bits per heavy atom. The van der Waals surface area contributed by atoms with Crippen molar-refractivity contribution >= 4 is 34.5 Å². The lowest BCUT2D eigenvalue weighted by Gasteiger charge is -2.18. The molecule has 0 aliphatic heterocycles. The molecule has 0 saturated heterocycles. The second-order valence-electron chi connectivity index (χ2n) is 7.68. The molecule has 2 amide bonds. The maximum Gasteiger partial charge on any atom is 0.329 e. The first-order valence-electron chi connectivity index (χ1n) is 11.4. The lowest BCUT2D eigenvalue weighted by Crippen LogP contribution is -2.30. The SMILES string of the molecule is CCN(CC)C(=O)c1ccc(NC(=O)COC(=O)CCn2c(=O)n(CC)c3ccccc32)cc1. The fourth-order valence-corrected chi connectivity index (χ4v) is 3.80. The molecule has 34 heavy (non-hydrogen) atoms. The zero-order valence-corrected chi connectivity index (χ0v) is 19.7. The molecular formula is C25H30N4O5. The van der Waals surface area contributed by atoms with Gasteiger partial charge in [-0.2, -0.15) is 0 Å². The number of benzene rings is 2. The highest BCUT2D eigenvalue weighted by Gasteiger charge is 2.15. The molecule has 0 fully saturated rings. The number of carbonyl (C=O) groups excluding carboxylic acids is 3. The smallest absolute Gasteiger partial charge is 0.329 e. The van der Waals surface area contributed by atoms with Crippen molar-refractivity contribution in [3.05, 3.63) is 64.6 Å². The number of ether oxygens (including phenoxy) is 1. The van der Waals surface area contributed by atoms with Crippen molar-refractivity contribution < 1.29 is 19.1 Å². The summed E-state index contributed by atoms with van der Waals surface area (Å²) in [5.74, 6) is -1.13. The van der Waals surface area contributed by atoms with Crippen LogP contribution in [0.4, 0.5) is 5.69 Å². The topological polar surface area (TPSA) is 103 Å². The van der Waals surface area contributed by atoms with Crippen LogP contribution in [0.15, 0.2) is 53.3 Å². The number of fused-ring (bicyclic) bond motifs is 1. The van der Waals surface area contributed by atoms with Gasteiger partial charge in [0.25, 0.3) is 11.8 Å². The fourth-order valence-electron chi connectivity index (χ4n) is 3.80. The van der Waals surface area contributed by atoms with Crippen LogP contribution in [0, 0.1) is 0 Å². The molecule has 1 N–H and O–H groups in total. The summed E-state index contributed by atoms with van der Waals surface area (Å²) in [5.41, 5.74) is 2.41. The number of nitrogens with zero attached hydrogens (tertiary/aromatic N) is 3. The number of hydrogen-bond acceptors (Lipinski definition) is 5. The van der Waals surface area contributed by atoms with Gasteiger partial charge in [0, 0.05) is 37.4 Å². The van der Waals surface area contributed by atoms with Crippen LogP contribution in [0.2, 0.25) is 0 Å². The minimum Gasteiger partial charge on any atom is -0.456 e. The molecule has 180 valence electrons. The number of para-hydroxylation sites is 2. The molecule has 0 atom stereocenters. The Labute approximate surface area is 197 Å². The number of amides is 2. The molecule has 0 bridgehead atoms. The summed E-state index contributed by atoms with van der Waals surface area (Å²) in [6.07, 6.45) is -0.0346. The molecule has 1 aromatic heterocycles. The molecule has 0 aliphatic rings. The summed E-state index contributed by atoms with van der Waals surface area (Å²) in [6.45, 7) is 7.21. The molecule has 2 aromatic carbocycles. The first kappa shape index (κ1) is 24.8. The molecular weight excluding hydrogens is 436 g/mol. The van der Waals surface area contributed by atoms with Crippen LogP contribution >= 0.6 is 0 Å². The van der Waals surface area contributed by atoms with E-state index in [4.69, 9.17) is 4.74 Å². The number of rotatable bonds is 10. The number of hydrogen-bond donors (Lipinski definition) is 1. The Morgan fingerprint density at radius 2 is 1.53 bits per heavy atom. The molecule has 0 aliphatic carbocycles. The van der Waals surface area contributed by atoms with Crippen molar-refractivity contribution in [1.29, 1.82) is 0 Å². The predicted octanol–water partition coefficient (Wildman–Crippen LogP) is 2.88. The largest absolute Gasteiger partial charge is 0.456 e. The quantitative estimate of drug-likeness (QED) is 0.463. The molecule has 9 nitrogen and oxygen atoms in total. The highest BCUT2D eigenvalue weighted by Crippen LogP contribution is 2.14. The van der Waals surface area contributed by atoms with Crippen molar-refractivity contribution in [3.8, 4) is 0 Å². The van der Waals surface area contributed by atoms with E-state index in [-0.39, 0.29) is 24.6 Å². The normalized spacial score (nSPS) is 10.8. The zero-order valence-electron chi connectivity index (χ0n) is 19.7. The number of anilines is 1. The Morgan fingerprint density at radius 1 is 0.912 bits per heavy atom. The minimum atomic E-state index is -0.574. The van der Waals surface area contributed by atoms with Crippen LogP contribution in [-0.2, 0) is 27.4 Å². The van der Waals surface area contributed by atoms with Gasteiger partial charge in [-0.1, -0.05) is 12.1 Å². The highest BCUT2D eigenvalue weighted by molar-refractivity contribution is 5.96. The van der Waals surface area contributed by atoms with Gasteiger partial charge < -0.3 is 15.0 Å². The summed E-state index contributed by atoms with van der Waals surface area (Å²) in [7, 11) is 0. The monoisotopic (exact) mass is 466 g/mol. The third kappa shape index (κ3) is 5.54. The Balaban J connectivity index is 1.51. The van der Waals surface area contributed by atoms with Gasteiger partial charge in [-0.25, -0.2) is 4.79 Å². The Kier molecular flexibility index (Phi) is 8.24. The molecule has 0 radical (unpaired) electrons. The number of aromatic nitrogens is 2. The van der Waals surface area contributed by atoms with Gasteiger partial charge in [-0.15, -0.1) is 0 Å². The minimum absolute atomic E-state index is 0.0346. The van der Waals surface area contributed by atoms with Crippen molar-refractivity contribution in [3.63, 3.8) is 0 Å². The maximum atomic E-state index is 12.6. The molecule has 0 spiro atoms. The Hall–Kier alpha value is -3.88. The molecule has 3 rings (SSSR count). The molecule has 3 aromatic rings. The summed E-state index contributed by atoms with van der Waals surface area (Å²) < 4.78 is 8.26. The second-order valence-corrected chi connectivity index (χ2v) is 7.68. The van der Waals surface area contributed by atoms with E-state index >= 15 is 0 Å².